The number of phenolic OH excluding ortho intramolecular Hbond substituents is 1. The normalized spacial score (nSPS) is 15.9. The maximum Gasteiger partial charge on any atom is 0.212 e. The first kappa shape index (κ1) is 14.0. The van der Waals surface area contributed by atoms with Gasteiger partial charge >= 0.3 is 0 Å². The third-order valence-corrected chi connectivity index (χ3v) is 4.57. The molecule has 4 rings (SSSR count). The van der Waals surface area contributed by atoms with Gasteiger partial charge in [-0.1, -0.05) is 48.2 Å². The molecule has 0 amide bonds. The number of thioether (sulfide) groups is 1. The minimum atomic E-state index is -0.0998. The number of hydrogen-bond donors (Lipinski definition) is 2. The van der Waals surface area contributed by atoms with E-state index in [1.54, 1.807) is 12.1 Å². The molecule has 2 heterocycles. The molecule has 0 unspecified atom stereocenters. The Hall–Kier alpha value is -2.67. The number of nitrogens with one attached hydrogen (secondary N) is 1. The van der Waals surface area contributed by atoms with Gasteiger partial charge in [0.25, 0.3) is 0 Å². The van der Waals surface area contributed by atoms with E-state index < -0.39 is 0 Å². The van der Waals surface area contributed by atoms with Crippen molar-refractivity contribution in [2.24, 2.45) is 0 Å². The minimum Gasteiger partial charge on any atom is -0.508 e. The number of ether oxygens (including phenoxy) is 1. The second-order valence-corrected chi connectivity index (χ2v) is 6.09. The molecule has 116 valence electrons. The van der Waals surface area contributed by atoms with Crippen molar-refractivity contribution in [3.05, 3.63) is 66.0 Å². The Kier molecular flexibility index (Phi) is 3.55. The Morgan fingerprint density at radius 1 is 1.09 bits per heavy atom. The monoisotopic (exact) mass is 326 g/mol. The van der Waals surface area contributed by atoms with Gasteiger partial charge in [0.15, 0.2) is 5.82 Å². The number of rotatable bonds is 4. The molecule has 0 spiro atoms. The van der Waals surface area contributed by atoms with Crippen LogP contribution in [0.4, 0.5) is 0 Å². The first-order valence-corrected chi connectivity index (χ1v) is 8.02. The fraction of sp³-hybridized carbons (Fsp3) is 0.125. The molecule has 0 fully saturated rings. The quantitative estimate of drug-likeness (QED) is 0.768. The first-order chi connectivity index (χ1) is 11.3. The minimum absolute atomic E-state index is 0.0998. The summed E-state index contributed by atoms with van der Waals surface area (Å²) in [4.78, 5) is 0. The SMILES string of the molecule is Oc1ccccc1[C@@H]1Nn2c(COc3ccccc3)nnc2S1. The zero-order valence-corrected chi connectivity index (χ0v) is 12.9. The Morgan fingerprint density at radius 3 is 2.70 bits per heavy atom. The molecule has 2 N–H and O–H groups in total. The number of hydrogen-bond acceptors (Lipinski definition) is 6. The second-order valence-electron chi connectivity index (χ2n) is 5.02. The van der Waals surface area contributed by atoms with Gasteiger partial charge in [-0.2, -0.15) is 0 Å². The lowest BCUT2D eigenvalue weighted by molar-refractivity contribution is 0.291. The number of aromatic nitrogens is 3. The Bertz CT molecular complexity index is 822. The predicted molar refractivity (Wildman–Crippen MR) is 86.9 cm³/mol. The van der Waals surface area contributed by atoms with Gasteiger partial charge in [-0.15, -0.1) is 10.2 Å². The van der Waals surface area contributed by atoms with Gasteiger partial charge in [0.2, 0.25) is 5.16 Å². The first-order valence-electron chi connectivity index (χ1n) is 7.14. The van der Waals surface area contributed by atoms with Gasteiger partial charge < -0.3 is 15.3 Å². The molecule has 23 heavy (non-hydrogen) atoms. The van der Waals surface area contributed by atoms with Gasteiger partial charge in [-0.3, -0.25) is 0 Å². The van der Waals surface area contributed by atoms with Crippen LogP contribution in [0.2, 0.25) is 0 Å². The molecule has 0 saturated carbocycles. The topological polar surface area (TPSA) is 72.2 Å². The van der Waals surface area contributed by atoms with Crippen LogP contribution in [0.1, 0.15) is 16.8 Å². The summed E-state index contributed by atoms with van der Waals surface area (Å²) in [5.74, 6) is 1.74. The van der Waals surface area contributed by atoms with Gasteiger partial charge in [0, 0.05) is 5.56 Å². The largest absolute Gasteiger partial charge is 0.508 e. The van der Waals surface area contributed by atoms with Gasteiger partial charge in [-0.25, -0.2) is 4.68 Å². The molecule has 1 atom stereocenters. The van der Waals surface area contributed by atoms with E-state index in [1.807, 2.05) is 47.1 Å². The molecule has 6 nitrogen and oxygen atoms in total. The highest BCUT2D eigenvalue weighted by molar-refractivity contribution is 7.99. The summed E-state index contributed by atoms with van der Waals surface area (Å²) in [6, 6.07) is 16.8. The average Bonchev–Trinajstić information content (AvgIpc) is 3.15. The summed E-state index contributed by atoms with van der Waals surface area (Å²) in [5.41, 5.74) is 4.11. The van der Waals surface area contributed by atoms with Crippen LogP contribution in [0.3, 0.4) is 0 Å². The molecule has 1 aromatic heterocycles. The molecule has 0 radical (unpaired) electrons. The standard InChI is InChI=1S/C16H14N4O2S/c21-13-9-5-4-8-12(13)15-19-20-14(17-18-16(20)23-15)10-22-11-6-2-1-3-7-11/h1-9,15,19,21H,10H2/t15-/m1/s1. The maximum atomic E-state index is 9.99. The molecule has 2 aromatic carbocycles. The van der Waals surface area contributed by atoms with Crippen molar-refractivity contribution in [2.75, 3.05) is 5.43 Å². The van der Waals surface area contributed by atoms with Crippen molar-refractivity contribution < 1.29 is 9.84 Å². The molecule has 0 bridgehead atoms. The lowest BCUT2D eigenvalue weighted by Gasteiger charge is -2.13. The van der Waals surface area contributed by atoms with E-state index in [0.717, 1.165) is 16.5 Å². The van der Waals surface area contributed by atoms with Crippen molar-refractivity contribution in [3.63, 3.8) is 0 Å². The average molecular weight is 326 g/mol. The Morgan fingerprint density at radius 2 is 1.87 bits per heavy atom. The fourth-order valence-corrected chi connectivity index (χ4v) is 3.40. The highest BCUT2D eigenvalue weighted by Crippen LogP contribution is 2.41. The summed E-state index contributed by atoms with van der Waals surface area (Å²) in [6.45, 7) is 0.318. The van der Waals surface area contributed by atoms with Crippen LogP contribution in [-0.4, -0.2) is 20.0 Å². The van der Waals surface area contributed by atoms with Crippen molar-refractivity contribution in [1.82, 2.24) is 14.9 Å². The van der Waals surface area contributed by atoms with Gasteiger partial charge in [0.05, 0.1) is 0 Å². The summed E-state index contributed by atoms with van der Waals surface area (Å²) >= 11 is 1.51. The molecular formula is C16H14N4O2S. The van der Waals surface area contributed by atoms with Crippen molar-refractivity contribution in [3.8, 4) is 11.5 Å². The van der Waals surface area contributed by atoms with Crippen LogP contribution in [0.25, 0.3) is 0 Å². The smallest absolute Gasteiger partial charge is 0.212 e. The summed E-state index contributed by atoms with van der Waals surface area (Å²) in [6.07, 6.45) is 0. The number of phenols is 1. The van der Waals surface area contributed by atoms with E-state index in [4.69, 9.17) is 4.74 Å². The Balaban J connectivity index is 1.50. The molecule has 0 aliphatic carbocycles. The number of nitrogens with zero attached hydrogens (tertiary/aromatic N) is 3. The summed E-state index contributed by atoms with van der Waals surface area (Å²) in [5, 5.41) is 19.0. The molecular weight excluding hydrogens is 312 g/mol. The third kappa shape index (κ3) is 2.70. The van der Waals surface area contributed by atoms with E-state index >= 15 is 0 Å². The summed E-state index contributed by atoms with van der Waals surface area (Å²) in [7, 11) is 0. The number of benzene rings is 2. The van der Waals surface area contributed by atoms with Crippen LogP contribution in [0.15, 0.2) is 59.8 Å². The molecule has 1 aliphatic rings. The zero-order valence-electron chi connectivity index (χ0n) is 12.1. The van der Waals surface area contributed by atoms with E-state index in [-0.39, 0.29) is 11.1 Å². The van der Waals surface area contributed by atoms with E-state index in [9.17, 15) is 5.11 Å². The third-order valence-electron chi connectivity index (χ3n) is 3.50. The van der Waals surface area contributed by atoms with Crippen molar-refractivity contribution >= 4 is 11.8 Å². The van der Waals surface area contributed by atoms with Crippen LogP contribution < -0.4 is 10.2 Å². The summed E-state index contributed by atoms with van der Waals surface area (Å²) < 4.78 is 7.53. The number of aromatic hydroxyl groups is 1. The lowest BCUT2D eigenvalue weighted by atomic mass is 10.2. The fourth-order valence-electron chi connectivity index (χ4n) is 2.36. The Labute approximate surface area is 137 Å². The van der Waals surface area contributed by atoms with Crippen LogP contribution >= 0.6 is 11.8 Å². The van der Waals surface area contributed by atoms with Crippen molar-refractivity contribution in [1.29, 1.82) is 0 Å². The molecule has 7 heteroatoms. The zero-order chi connectivity index (χ0) is 15.6. The van der Waals surface area contributed by atoms with Crippen LogP contribution in [0, 0.1) is 0 Å². The van der Waals surface area contributed by atoms with Gasteiger partial charge in [0.1, 0.15) is 23.5 Å². The lowest BCUT2D eigenvalue weighted by Crippen LogP contribution is -2.17. The number of para-hydroxylation sites is 2. The van der Waals surface area contributed by atoms with E-state index in [1.165, 1.54) is 11.8 Å². The number of fused-ring (bicyclic) bond motifs is 1. The highest BCUT2D eigenvalue weighted by Gasteiger charge is 2.29. The van der Waals surface area contributed by atoms with E-state index in [0.29, 0.717) is 12.4 Å². The maximum absolute atomic E-state index is 9.99. The van der Waals surface area contributed by atoms with Crippen LogP contribution in [-0.2, 0) is 6.61 Å². The van der Waals surface area contributed by atoms with Crippen molar-refractivity contribution in [2.45, 2.75) is 17.1 Å². The van der Waals surface area contributed by atoms with E-state index in [2.05, 4.69) is 15.6 Å². The van der Waals surface area contributed by atoms with Crippen LogP contribution in [0.5, 0.6) is 11.5 Å². The predicted octanol–water partition coefficient (Wildman–Crippen LogP) is 2.91. The van der Waals surface area contributed by atoms with Gasteiger partial charge in [-0.05, 0) is 18.2 Å². The molecule has 0 saturated heterocycles. The highest BCUT2D eigenvalue weighted by atomic mass is 32.2. The molecule has 1 aliphatic heterocycles. The second kappa shape index (κ2) is 5.85. The molecule has 3 aromatic rings.